The van der Waals surface area contributed by atoms with Gasteiger partial charge in [-0.05, 0) is 19.1 Å². The molecule has 1 aromatic carbocycles. The molecular weight excluding hydrogens is 228 g/mol. The molecule has 0 saturated heterocycles. The van der Waals surface area contributed by atoms with Crippen molar-refractivity contribution in [3.8, 4) is 0 Å². The van der Waals surface area contributed by atoms with E-state index in [1.165, 1.54) is 0 Å². The van der Waals surface area contributed by atoms with Crippen molar-refractivity contribution in [1.82, 2.24) is 9.78 Å². The average Bonchev–Trinajstić information content (AvgIpc) is 2.79. The number of nitrogen functional groups attached to an aromatic ring is 1. The minimum absolute atomic E-state index is 0.203. The lowest BCUT2D eigenvalue weighted by Crippen LogP contribution is -2.27. The first-order valence-corrected chi connectivity index (χ1v) is 5.79. The lowest BCUT2D eigenvalue weighted by atomic mass is 10.2. The van der Waals surface area contributed by atoms with Crippen LogP contribution in [0.4, 0.5) is 11.4 Å². The Hall–Kier alpha value is -2.30. The molecule has 1 aromatic heterocycles. The van der Waals surface area contributed by atoms with E-state index in [0.717, 1.165) is 5.69 Å². The second kappa shape index (κ2) is 4.91. The molecule has 1 amide bonds. The number of nitrogens with two attached hydrogens (primary N) is 1. The molecule has 0 fully saturated rings. The van der Waals surface area contributed by atoms with Gasteiger partial charge in [0.15, 0.2) is 5.69 Å². The zero-order valence-electron chi connectivity index (χ0n) is 10.5. The van der Waals surface area contributed by atoms with Gasteiger partial charge in [0.05, 0.1) is 5.69 Å². The molecule has 1 heterocycles. The highest BCUT2D eigenvalue weighted by atomic mass is 16.2. The van der Waals surface area contributed by atoms with Crippen LogP contribution in [-0.2, 0) is 6.54 Å². The zero-order chi connectivity index (χ0) is 13.1. The number of anilines is 2. The first-order valence-electron chi connectivity index (χ1n) is 5.79. The fourth-order valence-electron chi connectivity index (χ4n) is 1.69. The largest absolute Gasteiger partial charge is 0.396 e. The van der Waals surface area contributed by atoms with Crippen molar-refractivity contribution in [3.05, 3.63) is 42.2 Å². The van der Waals surface area contributed by atoms with Gasteiger partial charge in [-0.15, -0.1) is 0 Å². The second-order valence-electron chi connectivity index (χ2n) is 3.99. The molecule has 5 heteroatoms. The SMILES string of the molecule is CCn1cc(N)c(C(=O)N(C)c2ccccc2)n1. The summed E-state index contributed by atoms with van der Waals surface area (Å²) in [7, 11) is 1.71. The maximum atomic E-state index is 12.3. The number of hydrogen-bond donors (Lipinski definition) is 1. The molecule has 0 aliphatic carbocycles. The monoisotopic (exact) mass is 244 g/mol. The van der Waals surface area contributed by atoms with Gasteiger partial charge < -0.3 is 10.6 Å². The summed E-state index contributed by atoms with van der Waals surface area (Å²) in [6.45, 7) is 2.63. The smallest absolute Gasteiger partial charge is 0.280 e. The highest BCUT2D eigenvalue weighted by molar-refractivity contribution is 6.07. The minimum atomic E-state index is -0.203. The van der Waals surface area contributed by atoms with Crippen molar-refractivity contribution >= 4 is 17.3 Å². The summed E-state index contributed by atoms with van der Waals surface area (Å²) in [6.07, 6.45) is 1.67. The van der Waals surface area contributed by atoms with Crippen LogP contribution in [0.1, 0.15) is 17.4 Å². The summed E-state index contributed by atoms with van der Waals surface area (Å²) in [5.74, 6) is -0.203. The van der Waals surface area contributed by atoms with Gasteiger partial charge in [-0.2, -0.15) is 5.10 Å². The number of carbonyl (C=O) groups is 1. The van der Waals surface area contributed by atoms with Crippen LogP contribution < -0.4 is 10.6 Å². The molecule has 0 saturated carbocycles. The summed E-state index contributed by atoms with van der Waals surface area (Å²) >= 11 is 0. The van der Waals surface area contributed by atoms with E-state index in [0.29, 0.717) is 17.9 Å². The lowest BCUT2D eigenvalue weighted by molar-refractivity contribution is 0.0988. The summed E-state index contributed by atoms with van der Waals surface area (Å²) in [5.41, 5.74) is 7.32. The van der Waals surface area contributed by atoms with Gasteiger partial charge in [0.25, 0.3) is 5.91 Å². The van der Waals surface area contributed by atoms with Crippen molar-refractivity contribution in [1.29, 1.82) is 0 Å². The maximum absolute atomic E-state index is 12.3. The molecule has 0 atom stereocenters. The molecule has 0 aliphatic heterocycles. The maximum Gasteiger partial charge on any atom is 0.280 e. The topological polar surface area (TPSA) is 64.2 Å². The molecule has 0 unspecified atom stereocenters. The Balaban J connectivity index is 2.28. The standard InChI is InChI=1S/C13H16N4O/c1-3-17-9-11(14)12(15-17)13(18)16(2)10-7-5-4-6-8-10/h4-9H,3,14H2,1-2H3. The van der Waals surface area contributed by atoms with E-state index in [1.54, 1.807) is 22.8 Å². The normalized spacial score (nSPS) is 10.3. The van der Waals surface area contributed by atoms with E-state index in [-0.39, 0.29) is 5.91 Å². The third-order valence-corrected chi connectivity index (χ3v) is 2.76. The van der Waals surface area contributed by atoms with Crippen LogP contribution in [0.5, 0.6) is 0 Å². The van der Waals surface area contributed by atoms with E-state index in [9.17, 15) is 4.79 Å². The molecule has 2 rings (SSSR count). The van der Waals surface area contributed by atoms with E-state index in [1.807, 2.05) is 37.3 Å². The summed E-state index contributed by atoms with van der Waals surface area (Å²) < 4.78 is 1.65. The molecule has 0 radical (unpaired) electrons. The lowest BCUT2D eigenvalue weighted by Gasteiger charge is -2.16. The molecule has 0 spiro atoms. The molecule has 2 aromatic rings. The zero-order valence-corrected chi connectivity index (χ0v) is 10.5. The summed E-state index contributed by atoms with van der Waals surface area (Å²) in [6, 6.07) is 9.40. The number of aryl methyl sites for hydroxylation is 1. The fraction of sp³-hybridized carbons (Fsp3) is 0.231. The van der Waals surface area contributed by atoms with Gasteiger partial charge >= 0.3 is 0 Å². The van der Waals surface area contributed by atoms with Crippen molar-refractivity contribution in [3.63, 3.8) is 0 Å². The third kappa shape index (κ3) is 2.20. The highest BCUT2D eigenvalue weighted by Crippen LogP contribution is 2.17. The number of amides is 1. The van der Waals surface area contributed by atoms with Crippen molar-refractivity contribution in [2.75, 3.05) is 17.7 Å². The first-order chi connectivity index (χ1) is 8.63. The average molecular weight is 244 g/mol. The van der Waals surface area contributed by atoms with Gasteiger partial charge in [-0.3, -0.25) is 9.48 Å². The Bertz CT molecular complexity index is 547. The summed E-state index contributed by atoms with van der Waals surface area (Å²) in [4.78, 5) is 13.8. The second-order valence-corrected chi connectivity index (χ2v) is 3.99. The van der Waals surface area contributed by atoms with Crippen molar-refractivity contribution in [2.24, 2.45) is 0 Å². The van der Waals surface area contributed by atoms with Crippen LogP contribution in [0.3, 0.4) is 0 Å². The van der Waals surface area contributed by atoms with Crippen molar-refractivity contribution < 1.29 is 4.79 Å². The van der Waals surface area contributed by atoms with Gasteiger partial charge in [-0.1, -0.05) is 18.2 Å². The van der Waals surface area contributed by atoms with E-state index in [2.05, 4.69) is 5.10 Å². The van der Waals surface area contributed by atoms with Crippen LogP contribution in [0.25, 0.3) is 0 Å². The Kier molecular flexibility index (Phi) is 3.32. The number of benzene rings is 1. The number of hydrogen-bond acceptors (Lipinski definition) is 3. The predicted octanol–water partition coefficient (Wildman–Crippen LogP) is 1.76. The van der Waals surface area contributed by atoms with Gasteiger partial charge in [0.1, 0.15) is 0 Å². The van der Waals surface area contributed by atoms with Crippen LogP contribution in [0, 0.1) is 0 Å². The predicted molar refractivity (Wildman–Crippen MR) is 71.5 cm³/mol. The van der Waals surface area contributed by atoms with Crippen LogP contribution in [0.2, 0.25) is 0 Å². The minimum Gasteiger partial charge on any atom is -0.396 e. The van der Waals surface area contributed by atoms with Crippen LogP contribution >= 0.6 is 0 Å². The number of carbonyl (C=O) groups excluding carboxylic acids is 1. The number of rotatable bonds is 3. The number of nitrogens with zero attached hydrogens (tertiary/aromatic N) is 3. The number of para-hydroxylation sites is 1. The Morgan fingerprint density at radius 3 is 2.61 bits per heavy atom. The third-order valence-electron chi connectivity index (χ3n) is 2.76. The Labute approximate surface area is 106 Å². The quantitative estimate of drug-likeness (QED) is 0.894. The number of aromatic nitrogens is 2. The molecule has 0 bridgehead atoms. The molecular formula is C13H16N4O. The Morgan fingerprint density at radius 2 is 2.06 bits per heavy atom. The molecule has 5 nitrogen and oxygen atoms in total. The molecule has 2 N–H and O–H groups in total. The molecule has 94 valence electrons. The van der Waals surface area contributed by atoms with E-state index >= 15 is 0 Å². The first kappa shape index (κ1) is 12.2. The highest BCUT2D eigenvalue weighted by Gasteiger charge is 2.19. The Morgan fingerprint density at radius 1 is 1.39 bits per heavy atom. The van der Waals surface area contributed by atoms with Crippen LogP contribution in [-0.4, -0.2) is 22.7 Å². The van der Waals surface area contributed by atoms with Crippen LogP contribution in [0.15, 0.2) is 36.5 Å². The van der Waals surface area contributed by atoms with Gasteiger partial charge in [-0.25, -0.2) is 0 Å². The van der Waals surface area contributed by atoms with E-state index in [4.69, 9.17) is 5.73 Å². The van der Waals surface area contributed by atoms with Gasteiger partial charge in [0, 0.05) is 25.5 Å². The molecule has 18 heavy (non-hydrogen) atoms. The van der Waals surface area contributed by atoms with Crippen molar-refractivity contribution in [2.45, 2.75) is 13.5 Å². The van der Waals surface area contributed by atoms with Gasteiger partial charge in [0.2, 0.25) is 0 Å². The summed E-state index contributed by atoms with van der Waals surface area (Å²) in [5, 5.41) is 4.18. The van der Waals surface area contributed by atoms with E-state index < -0.39 is 0 Å². The fourth-order valence-corrected chi connectivity index (χ4v) is 1.69. The molecule has 0 aliphatic rings.